The Morgan fingerprint density at radius 1 is 1.29 bits per heavy atom. The van der Waals surface area contributed by atoms with Crippen LogP contribution in [0.5, 0.6) is 0 Å². The molecule has 98 valence electrons. The van der Waals surface area contributed by atoms with Gasteiger partial charge in [-0.05, 0) is 31.7 Å². The van der Waals surface area contributed by atoms with Gasteiger partial charge in [0.2, 0.25) is 5.91 Å². The van der Waals surface area contributed by atoms with Crippen LogP contribution in [0.25, 0.3) is 0 Å². The van der Waals surface area contributed by atoms with Gasteiger partial charge in [0.1, 0.15) is 0 Å². The molecule has 2 N–H and O–H groups in total. The van der Waals surface area contributed by atoms with Gasteiger partial charge in [0.05, 0.1) is 0 Å². The first-order valence-electron chi connectivity index (χ1n) is 7.04. The molecular formula is C13H25N3O. The fraction of sp³-hybridized carbons (Fsp3) is 0.923. The average molecular weight is 239 g/mol. The zero-order chi connectivity index (χ0) is 11.9. The number of nitrogens with one attached hydrogen (secondary N) is 2. The number of hydrogen-bond acceptors (Lipinski definition) is 3. The third-order valence-electron chi connectivity index (χ3n) is 3.88. The molecule has 2 rings (SSSR count). The molecule has 0 bridgehead atoms. The molecule has 4 heteroatoms. The lowest BCUT2D eigenvalue weighted by molar-refractivity contribution is -0.122. The van der Waals surface area contributed by atoms with Crippen molar-refractivity contribution in [2.75, 3.05) is 39.3 Å². The van der Waals surface area contributed by atoms with Crippen molar-refractivity contribution in [3.63, 3.8) is 0 Å². The molecule has 1 aliphatic carbocycles. The smallest absolute Gasteiger partial charge is 0.220 e. The Morgan fingerprint density at radius 2 is 2.06 bits per heavy atom. The molecule has 0 radical (unpaired) electrons. The molecule has 4 nitrogen and oxygen atoms in total. The van der Waals surface area contributed by atoms with E-state index in [1.165, 1.54) is 19.3 Å². The number of carbonyl (C=O) groups excluding carboxylic acids is 1. The molecule has 0 aromatic rings. The van der Waals surface area contributed by atoms with Gasteiger partial charge in [-0.25, -0.2) is 0 Å². The molecule has 0 unspecified atom stereocenters. The summed E-state index contributed by atoms with van der Waals surface area (Å²) in [5.74, 6) is 0.943. The highest BCUT2D eigenvalue weighted by molar-refractivity contribution is 5.76. The Kier molecular flexibility index (Phi) is 5.26. The van der Waals surface area contributed by atoms with Crippen LogP contribution in [-0.2, 0) is 4.79 Å². The predicted octanol–water partition coefficient (Wildman–Crippen LogP) is 0.588. The summed E-state index contributed by atoms with van der Waals surface area (Å²) in [6, 6.07) is 0. The second kappa shape index (κ2) is 6.97. The zero-order valence-corrected chi connectivity index (χ0v) is 10.7. The van der Waals surface area contributed by atoms with Crippen molar-refractivity contribution in [2.45, 2.75) is 32.1 Å². The molecule has 1 amide bonds. The van der Waals surface area contributed by atoms with E-state index in [1.54, 1.807) is 0 Å². The Labute approximate surface area is 104 Å². The summed E-state index contributed by atoms with van der Waals surface area (Å²) in [5.41, 5.74) is 0. The van der Waals surface area contributed by atoms with Gasteiger partial charge in [-0.1, -0.05) is 6.42 Å². The summed E-state index contributed by atoms with van der Waals surface area (Å²) >= 11 is 0. The lowest BCUT2D eigenvalue weighted by Gasteiger charge is -2.27. The van der Waals surface area contributed by atoms with E-state index in [2.05, 4.69) is 15.5 Å². The fourth-order valence-corrected chi connectivity index (χ4v) is 2.50. The lowest BCUT2D eigenvalue weighted by Crippen LogP contribution is -2.44. The Hall–Kier alpha value is -0.610. The van der Waals surface area contributed by atoms with Crippen molar-refractivity contribution in [1.82, 2.24) is 15.5 Å². The summed E-state index contributed by atoms with van der Waals surface area (Å²) in [6.07, 6.45) is 5.67. The van der Waals surface area contributed by atoms with Crippen LogP contribution in [0.3, 0.4) is 0 Å². The summed E-state index contributed by atoms with van der Waals surface area (Å²) in [5, 5.41) is 6.39. The number of rotatable bonds is 6. The minimum Gasteiger partial charge on any atom is -0.356 e. The Morgan fingerprint density at radius 3 is 2.71 bits per heavy atom. The third kappa shape index (κ3) is 4.64. The van der Waals surface area contributed by atoms with E-state index in [0.29, 0.717) is 5.92 Å². The van der Waals surface area contributed by atoms with Crippen LogP contribution in [0.1, 0.15) is 32.1 Å². The minimum atomic E-state index is 0.259. The van der Waals surface area contributed by atoms with E-state index in [9.17, 15) is 4.79 Å². The zero-order valence-electron chi connectivity index (χ0n) is 10.7. The van der Waals surface area contributed by atoms with Crippen LogP contribution in [0.2, 0.25) is 0 Å². The second-order valence-corrected chi connectivity index (χ2v) is 5.30. The highest BCUT2D eigenvalue weighted by atomic mass is 16.1. The molecule has 2 aliphatic rings. The third-order valence-corrected chi connectivity index (χ3v) is 3.88. The van der Waals surface area contributed by atoms with Crippen LogP contribution in [0, 0.1) is 5.92 Å². The van der Waals surface area contributed by atoms with E-state index < -0.39 is 0 Å². The second-order valence-electron chi connectivity index (χ2n) is 5.30. The van der Waals surface area contributed by atoms with Crippen molar-refractivity contribution in [3.8, 4) is 0 Å². The normalized spacial score (nSPS) is 22.1. The molecule has 17 heavy (non-hydrogen) atoms. The number of amides is 1. The van der Waals surface area contributed by atoms with E-state index in [0.717, 1.165) is 52.1 Å². The summed E-state index contributed by atoms with van der Waals surface area (Å²) < 4.78 is 0. The fourth-order valence-electron chi connectivity index (χ4n) is 2.50. The lowest BCUT2D eigenvalue weighted by atomic mass is 9.83. The van der Waals surface area contributed by atoms with Gasteiger partial charge in [0.25, 0.3) is 0 Å². The highest BCUT2D eigenvalue weighted by Gasteiger charge is 2.20. The Balaban J connectivity index is 1.45. The quantitative estimate of drug-likeness (QED) is 0.667. The van der Waals surface area contributed by atoms with Gasteiger partial charge in [-0.2, -0.15) is 0 Å². The molecule has 2 fully saturated rings. The summed E-state index contributed by atoms with van der Waals surface area (Å²) in [6.45, 7) is 6.47. The van der Waals surface area contributed by atoms with Gasteiger partial charge in [-0.3, -0.25) is 4.79 Å². The van der Waals surface area contributed by atoms with E-state index in [-0.39, 0.29) is 5.91 Å². The number of carbonyl (C=O) groups is 1. The maximum atomic E-state index is 11.6. The van der Waals surface area contributed by atoms with Gasteiger partial charge < -0.3 is 15.5 Å². The van der Waals surface area contributed by atoms with E-state index >= 15 is 0 Å². The topological polar surface area (TPSA) is 44.4 Å². The van der Waals surface area contributed by atoms with Gasteiger partial charge in [0, 0.05) is 39.1 Å². The molecule has 0 aromatic carbocycles. The van der Waals surface area contributed by atoms with Gasteiger partial charge in [0.15, 0.2) is 0 Å². The monoisotopic (exact) mass is 239 g/mol. The van der Waals surface area contributed by atoms with Crippen LogP contribution in [0.4, 0.5) is 0 Å². The number of piperazine rings is 1. The van der Waals surface area contributed by atoms with Crippen molar-refractivity contribution in [3.05, 3.63) is 0 Å². The van der Waals surface area contributed by atoms with E-state index in [4.69, 9.17) is 0 Å². The van der Waals surface area contributed by atoms with Crippen LogP contribution in [-0.4, -0.2) is 50.1 Å². The van der Waals surface area contributed by atoms with Gasteiger partial charge >= 0.3 is 0 Å². The average Bonchev–Trinajstić information content (AvgIpc) is 2.31. The molecule has 1 saturated carbocycles. The SMILES string of the molecule is O=C(CC1CCC1)NCCCN1CCNCC1. The van der Waals surface area contributed by atoms with Gasteiger partial charge in [-0.15, -0.1) is 0 Å². The van der Waals surface area contributed by atoms with Crippen LogP contribution >= 0.6 is 0 Å². The largest absolute Gasteiger partial charge is 0.356 e. The molecular weight excluding hydrogens is 214 g/mol. The molecule has 0 atom stereocenters. The number of hydrogen-bond donors (Lipinski definition) is 2. The molecule has 1 aliphatic heterocycles. The standard InChI is InChI=1S/C13H25N3O/c17-13(11-12-3-1-4-12)15-5-2-8-16-9-6-14-7-10-16/h12,14H,1-11H2,(H,15,17). The number of nitrogens with zero attached hydrogens (tertiary/aromatic N) is 1. The molecule has 1 heterocycles. The minimum absolute atomic E-state index is 0.259. The van der Waals surface area contributed by atoms with Crippen molar-refractivity contribution < 1.29 is 4.79 Å². The maximum absolute atomic E-state index is 11.6. The first-order valence-corrected chi connectivity index (χ1v) is 7.04. The predicted molar refractivity (Wildman–Crippen MR) is 68.9 cm³/mol. The van der Waals surface area contributed by atoms with E-state index in [1.807, 2.05) is 0 Å². The highest BCUT2D eigenvalue weighted by Crippen LogP contribution is 2.28. The molecule has 1 saturated heterocycles. The van der Waals surface area contributed by atoms with Crippen molar-refractivity contribution in [1.29, 1.82) is 0 Å². The van der Waals surface area contributed by atoms with Crippen LogP contribution in [0.15, 0.2) is 0 Å². The first-order chi connectivity index (χ1) is 8.34. The summed E-state index contributed by atoms with van der Waals surface area (Å²) in [7, 11) is 0. The first kappa shape index (κ1) is 12.8. The molecule has 0 spiro atoms. The maximum Gasteiger partial charge on any atom is 0.220 e. The Bertz CT molecular complexity index is 235. The summed E-state index contributed by atoms with van der Waals surface area (Å²) in [4.78, 5) is 14.0. The van der Waals surface area contributed by atoms with Crippen LogP contribution < -0.4 is 10.6 Å². The van der Waals surface area contributed by atoms with Crippen molar-refractivity contribution >= 4 is 5.91 Å². The van der Waals surface area contributed by atoms with Crippen molar-refractivity contribution in [2.24, 2.45) is 5.92 Å². The molecule has 0 aromatic heterocycles.